The minimum Gasteiger partial charge on any atom is -0.472 e. The highest BCUT2D eigenvalue weighted by Gasteiger charge is 2.28. The Morgan fingerprint density at radius 1 is 1.27 bits per heavy atom. The molecule has 1 aliphatic rings. The number of nitrogens with zero attached hydrogens (tertiary/aromatic N) is 1. The fourth-order valence-electron chi connectivity index (χ4n) is 2.29. The number of carbonyl (C=O) groups excluding carboxylic acids is 2. The first-order chi connectivity index (χ1) is 10.6. The molecule has 0 bridgehead atoms. The van der Waals surface area contributed by atoms with Gasteiger partial charge in [0.1, 0.15) is 17.9 Å². The molecule has 6 heteroatoms. The molecule has 0 atom stereocenters. The highest BCUT2D eigenvalue weighted by molar-refractivity contribution is 6.09. The van der Waals surface area contributed by atoms with Crippen LogP contribution in [-0.2, 0) is 0 Å². The molecule has 2 aromatic rings. The van der Waals surface area contributed by atoms with Crippen LogP contribution < -0.4 is 15.0 Å². The van der Waals surface area contributed by atoms with Gasteiger partial charge in [-0.15, -0.1) is 0 Å². The number of aldehydes is 1. The number of hydrogen-bond donors (Lipinski definition) is 1. The minimum atomic E-state index is -0.517. The van der Waals surface area contributed by atoms with E-state index in [4.69, 9.17) is 4.74 Å². The lowest BCUT2D eigenvalue weighted by atomic mass is 10.1. The second kappa shape index (κ2) is 5.48. The maximum absolute atomic E-state index is 13.9. The fourth-order valence-corrected chi connectivity index (χ4v) is 2.29. The number of anilines is 2. The van der Waals surface area contributed by atoms with Crippen LogP contribution >= 0.6 is 0 Å². The van der Waals surface area contributed by atoms with Gasteiger partial charge in [0.2, 0.25) is 0 Å². The largest absolute Gasteiger partial charge is 0.472 e. The van der Waals surface area contributed by atoms with Crippen molar-refractivity contribution >= 4 is 23.6 Å². The molecule has 1 aliphatic heterocycles. The summed E-state index contributed by atoms with van der Waals surface area (Å²) in [6.45, 7) is 0.0288. The third-order valence-electron chi connectivity index (χ3n) is 3.50. The number of amides is 1. The molecule has 0 aromatic heterocycles. The average molecular weight is 300 g/mol. The molecule has 3 rings (SSSR count). The van der Waals surface area contributed by atoms with Gasteiger partial charge in [0.15, 0.2) is 6.73 Å². The maximum Gasteiger partial charge on any atom is 0.264 e. The lowest BCUT2D eigenvalue weighted by Gasteiger charge is -2.29. The molecular formula is C16H13FN2O3. The molecule has 0 unspecified atom stereocenters. The van der Waals surface area contributed by atoms with Crippen LogP contribution in [0.15, 0.2) is 36.4 Å². The molecule has 0 saturated carbocycles. The van der Waals surface area contributed by atoms with Crippen LogP contribution in [0.2, 0.25) is 0 Å². The third-order valence-corrected chi connectivity index (χ3v) is 3.50. The van der Waals surface area contributed by atoms with Crippen LogP contribution in [0.25, 0.3) is 0 Å². The van der Waals surface area contributed by atoms with Crippen molar-refractivity contribution < 1.29 is 18.7 Å². The summed E-state index contributed by atoms with van der Waals surface area (Å²) in [5.74, 6) is -0.519. The van der Waals surface area contributed by atoms with Gasteiger partial charge in [0.25, 0.3) is 5.91 Å². The van der Waals surface area contributed by atoms with E-state index in [1.54, 1.807) is 31.3 Å². The van der Waals surface area contributed by atoms with E-state index in [-0.39, 0.29) is 23.9 Å². The first-order valence-corrected chi connectivity index (χ1v) is 6.65. The average Bonchev–Trinajstić information content (AvgIpc) is 2.55. The van der Waals surface area contributed by atoms with Gasteiger partial charge in [-0.25, -0.2) is 4.39 Å². The van der Waals surface area contributed by atoms with Crippen molar-refractivity contribution in [3.63, 3.8) is 0 Å². The molecule has 0 fully saturated rings. The molecule has 22 heavy (non-hydrogen) atoms. The predicted molar refractivity (Wildman–Crippen MR) is 80.1 cm³/mol. The molecule has 1 N–H and O–H groups in total. The van der Waals surface area contributed by atoms with Crippen LogP contribution in [0.3, 0.4) is 0 Å². The van der Waals surface area contributed by atoms with E-state index >= 15 is 0 Å². The number of ether oxygens (including phenoxy) is 1. The molecule has 0 spiro atoms. The SMILES string of the molecule is CNc1cc2c(cc1F)C(=O)N(c1ccc(C=O)cc1)CO2. The normalized spacial score (nSPS) is 13.4. The Labute approximate surface area is 126 Å². The first-order valence-electron chi connectivity index (χ1n) is 6.65. The van der Waals surface area contributed by atoms with E-state index in [9.17, 15) is 14.0 Å². The van der Waals surface area contributed by atoms with Gasteiger partial charge in [-0.1, -0.05) is 0 Å². The fraction of sp³-hybridized carbons (Fsp3) is 0.125. The zero-order chi connectivity index (χ0) is 15.7. The Balaban J connectivity index is 1.96. The minimum absolute atomic E-state index is 0.0288. The molecule has 1 amide bonds. The number of halogens is 1. The van der Waals surface area contributed by atoms with Gasteiger partial charge in [-0.2, -0.15) is 0 Å². The number of benzene rings is 2. The van der Waals surface area contributed by atoms with Crippen LogP contribution in [0, 0.1) is 5.82 Å². The second-order valence-corrected chi connectivity index (χ2v) is 4.79. The zero-order valence-electron chi connectivity index (χ0n) is 11.8. The second-order valence-electron chi connectivity index (χ2n) is 4.79. The summed E-state index contributed by atoms with van der Waals surface area (Å²) in [5.41, 5.74) is 1.54. The highest BCUT2D eigenvalue weighted by atomic mass is 19.1. The smallest absolute Gasteiger partial charge is 0.264 e. The van der Waals surface area contributed by atoms with E-state index in [1.807, 2.05) is 0 Å². The number of carbonyl (C=O) groups is 2. The van der Waals surface area contributed by atoms with E-state index in [2.05, 4.69) is 5.32 Å². The van der Waals surface area contributed by atoms with Gasteiger partial charge in [-0.05, 0) is 30.3 Å². The van der Waals surface area contributed by atoms with Crippen LogP contribution in [0.4, 0.5) is 15.8 Å². The van der Waals surface area contributed by atoms with Crippen molar-refractivity contribution in [3.05, 3.63) is 53.3 Å². The van der Waals surface area contributed by atoms with Crippen molar-refractivity contribution in [2.24, 2.45) is 0 Å². The van der Waals surface area contributed by atoms with E-state index in [0.717, 1.165) is 12.4 Å². The third kappa shape index (κ3) is 2.28. The lowest BCUT2D eigenvalue weighted by molar-refractivity contribution is 0.0936. The van der Waals surface area contributed by atoms with Gasteiger partial charge in [0, 0.05) is 24.4 Å². The Kier molecular flexibility index (Phi) is 3.50. The van der Waals surface area contributed by atoms with E-state index in [1.165, 1.54) is 11.0 Å². The molecule has 0 saturated heterocycles. The molecule has 5 nitrogen and oxygen atoms in total. The first kappa shape index (κ1) is 14.1. The molecule has 0 aliphatic carbocycles. The summed E-state index contributed by atoms with van der Waals surface area (Å²) in [6.07, 6.45) is 0.724. The Hall–Kier alpha value is -2.89. The standard InChI is InChI=1S/C16H13FN2O3/c1-18-14-7-15-12(6-13(14)17)16(21)19(9-22-15)11-4-2-10(8-20)3-5-11/h2-8,18H,9H2,1H3. The molecule has 2 aromatic carbocycles. The van der Waals surface area contributed by atoms with Crippen molar-refractivity contribution in [1.82, 2.24) is 0 Å². The van der Waals surface area contributed by atoms with Gasteiger partial charge >= 0.3 is 0 Å². The van der Waals surface area contributed by atoms with Crippen LogP contribution in [0.1, 0.15) is 20.7 Å². The van der Waals surface area contributed by atoms with Crippen LogP contribution in [-0.4, -0.2) is 26.0 Å². The quantitative estimate of drug-likeness (QED) is 0.885. The van der Waals surface area contributed by atoms with Gasteiger partial charge < -0.3 is 10.1 Å². The number of nitrogens with one attached hydrogen (secondary N) is 1. The summed E-state index contributed by atoms with van der Waals surface area (Å²) in [6, 6.07) is 9.14. The van der Waals surface area contributed by atoms with Crippen molar-refractivity contribution in [3.8, 4) is 5.75 Å². The summed E-state index contributed by atoms with van der Waals surface area (Å²) in [7, 11) is 1.59. The molecule has 0 radical (unpaired) electrons. The predicted octanol–water partition coefficient (Wildman–Crippen LogP) is 2.68. The van der Waals surface area contributed by atoms with Crippen molar-refractivity contribution in [2.75, 3.05) is 24.0 Å². The van der Waals surface area contributed by atoms with Gasteiger partial charge in [0.05, 0.1) is 11.3 Å². The lowest BCUT2D eigenvalue weighted by Crippen LogP contribution is -2.38. The van der Waals surface area contributed by atoms with Crippen LogP contribution in [0.5, 0.6) is 5.75 Å². The molecule has 112 valence electrons. The summed E-state index contributed by atoms with van der Waals surface area (Å²) in [5, 5.41) is 2.70. The van der Waals surface area contributed by atoms with Gasteiger partial charge in [-0.3, -0.25) is 14.5 Å². The van der Waals surface area contributed by atoms with Crippen molar-refractivity contribution in [1.29, 1.82) is 0 Å². The Bertz CT molecular complexity index is 744. The van der Waals surface area contributed by atoms with E-state index < -0.39 is 5.82 Å². The van der Waals surface area contributed by atoms with E-state index in [0.29, 0.717) is 17.0 Å². The highest BCUT2D eigenvalue weighted by Crippen LogP contribution is 2.32. The number of rotatable bonds is 3. The topological polar surface area (TPSA) is 58.6 Å². The summed E-state index contributed by atoms with van der Waals surface area (Å²) in [4.78, 5) is 24.6. The summed E-state index contributed by atoms with van der Waals surface area (Å²) < 4.78 is 19.4. The Morgan fingerprint density at radius 2 is 2.00 bits per heavy atom. The number of fused-ring (bicyclic) bond motifs is 1. The van der Waals surface area contributed by atoms with Crippen molar-refractivity contribution in [2.45, 2.75) is 0 Å². The maximum atomic E-state index is 13.9. The Morgan fingerprint density at radius 3 is 2.64 bits per heavy atom. The zero-order valence-corrected chi connectivity index (χ0v) is 11.8. The summed E-state index contributed by atoms with van der Waals surface area (Å²) >= 11 is 0. The molecular weight excluding hydrogens is 287 g/mol. The number of hydrogen-bond acceptors (Lipinski definition) is 4. The molecule has 1 heterocycles. The monoisotopic (exact) mass is 300 g/mol.